The summed E-state index contributed by atoms with van der Waals surface area (Å²) in [5, 5.41) is 12.5. The van der Waals surface area contributed by atoms with Crippen LogP contribution in [0.2, 0.25) is 0 Å². The third kappa shape index (κ3) is 5.67. The lowest BCUT2D eigenvalue weighted by atomic mass is 10.1. The maximum atomic E-state index is 12.1. The molecule has 0 bridgehead atoms. The number of aromatic nitrogens is 2. The number of hydrogen-bond donors (Lipinski definition) is 1. The maximum absolute atomic E-state index is 12.1. The van der Waals surface area contributed by atoms with Gasteiger partial charge in [0.1, 0.15) is 5.03 Å². The lowest BCUT2D eigenvalue weighted by Gasteiger charge is -2.08. The van der Waals surface area contributed by atoms with Crippen LogP contribution in [-0.2, 0) is 5.75 Å². The van der Waals surface area contributed by atoms with E-state index in [4.69, 9.17) is 0 Å². The van der Waals surface area contributed by atoms with Gasteiger partial charge in [0.15, 0.2) is 0 Å². The zero-order valence-electron chi connectivity index (χ0n) is 16.5. The van der Waals surface area contributed by atoms with Crippen molar-refractivity contribution in [3.63, 3.8) is 0 Å². The average Bonchev–Trinajstić information content (AvgIpc) is 2.72. The van der Waals surface area contributed by atoms with Crippen LogP contribution in [0.3, 0.4) is 0 Å². The number of carbonyl (C=O) groups is 1. The summed E-state index contributed by atoms with van der Waals surface area (Å²) in [6, 6.07) is 20.0. The van der Waals surface area contributed by atoms with Gasteiger partial charge in [0.2, 0.25) is 0 Å². The fraction of sp³-hybridized carbons (Fsp3) is 0.261. The van der Waals surface area contributed by atoms with Crippen LogP contribution in [0, 0.1) is 12.8 Å². The first-order chi connectivity index (χ1) is 13.5. The molecule has 1 amide bonds. The summed E-state index contributed by atoms with van der Waals surface area (Å²) in [6.45, 7) is 6.92. The molecule has 3 aromatic rings. The second-order valence-corrected chi connectivity index (χ2v) is 8.21. The number of aryl methyl sites for hydroxylation is 1. The number of amides is 1. The Bertz CT molecular complexity index is 904. The topological polar surface area (TPSA) is 54.9 Å². The Labute approximate surface area is 170 Å². The van der Waals surface area contributed by atoms with Gasteiger partial charge in [0.05, 0.1) is 5.69 Å². The monoisotopic (exact) mass is 391 g/mol. The molecule has 144 valence electrons. The number of nitrogens with zero attached hydrogens (tertiary/aromatic N) is 2. The van der Waals surface area contributed by atoms with E-state index in [1.54, 1.807) is 11.8 Å². The number of nitrogens with one attached hydrogen (secondary N) is 1. The molecule has 1 N–H and O–H groups in total. The Kier molecular flexibility index (Phi) is 6.82. The van der Waals surface area contributed by atoms with Gasteiger partial charge in [-0.1, -0.05) is 67.6 Å². The molecule has 0 spiro atoms. The normalized spacial score (nSPS) is 10.9. The van der Waals surface area contributed by atoms with E-state index in [1.165, 1.54) is 5.56 Å². The van der Waals surface area contributed by atoms with Crippen LogP contribution in [-0.4, -0.2) is 22.6 Å². The minimum absolute atomic E-state index is 0.0227. The van der Waals surface area contributed by atoms with Crippen molar-refractivity contribution >= 4 is 17.7 Å². The minimum atomic E-state index is -0.0227. The van der Waals surface area contributed by atoms with Crippen molar-refractivity contribution in [2.75, 3.05) is 6.54 Å². The van der Waals surface area contributed by atoms with Crippen molar-refractivity contribution in [2.45, 2.75) is 31.6 Å². The van der Waals surface area contributed by atoms with Crippen molar-refractivity contribution in [3.05, 3.63) is 77.4 Å². The Morgan fingerprint density at radius 2 is 1.68 bits per heavy atom. The van der Waals surface area contributed by atoms with E-state index in [2.05, 4.69) is 60.6 Å². The second kappa shape index (κ2) is 9.51. The van der Waals surface area contributed by atoms with Crippen LogP contribution in [0.4, 0.5) is 0 Å². The molecule has 28 heavy (non-hydrogen) atoms. The first-order valence-corrected chi connectivity index (χ1v) is 10.4. The van der Waals surface area contributed by atoms with Crippen LogP contribution in [0.5, 0.6) is 0 Å². The molecule has 0 aliphatic rings. The van der Waals surface area contributed by atoms with E-state index >= 15 is 0 Å². The second-order valence-electron chi connectivity index (χ2n) is 7.21. The standard InChI is InChI=1S/C23H25N3OS/c1-16(2)14-24-23(27)20-10-6-18(7-11-20)15-28-22-13-12-21(25-26-22)19-8-4-17(3)5-9-19/h4-13,16H,14-15H2,1-3H3,(H,24,27). The van der Waals surface area contributed by atoms with Gasteiger partial charge in [0.25, 0.3) is 5.91 Å². The SMILES string of the molecule is Cc1ccc(-c2ccc(SCc3ccc(C(=O)NCC(C)C)cc3)nn2)cc1. The van der Waals surface area contributed by atoms with Gasteiger partial charge in [-0.15, -0.1) is 10.2 Å². The Balaban J connectivity index is 1.55. The highest BCUT2D eigenvalue weighted by atomic mass is 32.2. The molecule has 3 rings (SSSR count). The molecular formula is C23H25N3OS. The molecule has 0 fully saturated rings. The lowest BCUT2D eigenvalue weighted by molar-refractivity contribution is 0.0949. The fourth-order valence-corrected chi connectivity index (χ4v) is 3.35. The quantitative estimate of drug-likeness (QED) is 0.567. The smallest absolute Gasteiger partial charge is 0.251 e. The van der Waals surface area contributed by atoms with Crippen LogP contribution in [0.1, 0.15) is 35.3 Å². The van der Waals surface area contributed by atoms with Crippen LogP contribution in [0.15, 0.2) is 65.7 Å². The summed E-state index contributed by atoms with van der Waals surface area (Å²) in [4.78, 5) is 12.1. The Hall–Kier alpha value is -2.66. The van der Waals surface area contributed by atoms with E-state index in [0.717, 1.165) is 27.6 Å². The first kappa shape index (κ1) is 20.1. The number of rotatable bonds is 7. The summed E-state index contributed by atoms with van der Waals surface area (Å²) < 4.78 is 0. The van der Waals surface area contributed by atoms with Gasteiger partial charge in [-0.05, 0) is 42.7 Å². The van der Waals surface area contributed by atoms with Gasteiger partial charge in [-0.3, -0.25) is 4.79 Å². The van der Waals surface area contributed by atoms with Gasteiger partial charge in [-0.2, -0.15) is 0 Å². The molecule has 5 heteroatoms. The van der Waals surface area contributed by atoms with E-state index in [-0.39, 0.29) is 5.91 Å². The predicted molar refractivity (Wildman–Crippen MR) is 115 cm³/mol. The maximum Gasteiger partial charge on any atom is 0.251 e. The lowest BCUT2D eigenvalue weighted by Crippen LogP contribution is -2.27. The molecule has 0 saturated carbocycles. The van der Waals surface area contributed by atoms with Gasteiger partial charge < -0.3 is 5.32 Å². The number of carbonyl (C=O) groups excluding carboxylic acids is 1. The summed E-state index contributed by atoms with van der Waals surface area (Å²) in [6.07, 6.45) is 0. The molecule has 0 saturated heterocycles. The molecule has 0 unspecified atom stereocenters. The average molecular weight is 392 g/mol. The van der Waals surface area contributed by atoms with E-state index in [1.807, 2.05) is 36.4 Å². The number of hydrogen-bond acceptors (Lipinski definition) is 4. The van der Waals surface area contributed by atoms with Crippen molar-refractivity contribution in [1.82, 2.24) is 15.5 Å². The molecule has 1 aromatic heterocycles. The highest BCUT2D eigenvalue weighted by molar-refractivity contribution is 7.98. The predicted octanol–water partition coefficient (Wildman–Crippen LogP) is 5.13. The molecule has 2 aromatic carbocycles. The number of thioether (sulfide) groups is 1. The summed E-state index contributed by atoms with van der Waals surface area (Å²) in [5.41, 5.74) is 5.01. The summed E-state index contributed by atoms with van der Waals surface area (Å²) in [7, 11) is 0. The zero-order valence-corrected chi connectivity index (χ0v) is 17.3. The Morgan fingerprint density at radius 1 is 0.964 bits per heavy atom. The third-order valence-corrected chi connectivity index (χ3v) is 5.25. The van der Waals surface area contributed by atoms with Crippen molar-refractivity contribution in [3.8, 4) is 11.3 Å². The van der Waals surface area contributed by atoms with Gasteiger partial charge in [0, 0.05) is 23.4 Å². The fourth-order valence-electron chi connectivity index (χ4n) is 2.58. The van der Waals surface area contributed by atoms with E-state index in [9.17, 15) is 4.79 Å². The van der Waals surface area contributed by atoms with Crippen LogP contribution < -0.4 is 5.32 Å². The van der Waals surface area contributed by atoms with Gasteiger partial charge in [-0.25, -0.2) is 0 Å². The van der Waals surface area contributed by atoms with Crippen molar-refractivity contribution in [1.29, 1.82) is 0 Å². The molecule has 4 nitrogen and oxygen atoms in total. The number of benzene rings is 2. The largest absolute Gasteiger partial charge is 0.352 e. The molecule has 0 atom stereocenters. The first-order valence-electron chi connectivity index (χ1n) is 9.42. The highest BCUT2D eigenvalue weighted by Gasteiger charge is 2.07. The van der Waals surface area contributed by atoms with Crippen molar-refractivity contribution < 1.29 is 4.79 Å². The molecule has 0 radical (unpaired) electrons. The summed E-state index contributed by atoms with van der Waals surface area (Å²) in [5.74, 6) is 1.20. The Morgan fingerprint density at radius 3 is 2.29 bits per heavy atom. The molecular weight excluding hydrogens is 366 g/mol. The van der Waals surface area contributed by atoms with Crippen LogP contribution in [0.25, 0.3) is 11.3 Å². The van der Waals surface area contributed by atoms with E-state index < -0.39 is 0 Å². The molecule has 0 aliphatic carbocycles. The van der Waals surface area contributed by atoms with Crippen molar-refractivity contribution in [2.24, 2.45) is 5.92 Å². The zero-order chi connectivity index (χ0) is 19.9. The highest BCUT2D eigenvalue weighted by Crippen LogP contribution is 2.23. The van der Waals surface area contributed by atoms with Gasteiger partial charge >= 0.3 is 0 Å². The minimum Gasteiger partial charge on any atom is -0.352 e. The molecule has 1 heterocycles. The van der Waals surface area contributed by atoms with Crippen LogP contribution >= 0.6 is 11.8 Å². The van der Waals surface area contributed by atoms with E-state index in [0.29, 0.717) is 18.0 Å². The third-order valence-electron chi connectivity index (χ3n) is 4.26. The summed E-state index contributed by atoms with van der Waals surface area (Å²) >= 11 is 1.63. The molecule has 0 aliphatic heterocycles.